The molecule has 2 heterocycles. The van der Waals surface area contributed by atoms with E-state index in [4.69, 9.17) is 0 Å². The van der Waals surface area contributed by atoms with Crippen molar-refractivity contribution < 1.29 is 25.0 Å². The second-order valence-corrected chi connectivity index (χ2v) is 8.66. The summed E-state index contributed by atoms with van der Waals surface area (Å²) in [5.74, 6) is 0.0870. The lowest BCUT2D eigenvalue weighted by molar-refractivity contribution is -0.948. The van der Waals surface area contributed by atoms with E-state index in [0.29, 0.717) is 24.9 Å². The molecule has 25 heavy (non-hydrogen) atoms. The Kier molecular flexibility index (Phi) is 5.04. The summed E-state index contributed by atoms with van der Waals surface area (Å²) >= 11 is 0. The maximum absolute atomic E-state index is 12.7. The fraction of sp³-hybridized carbons (Fsp3) is 0.650. The van der Waals surface area contributed by atoms with E-state index in [0.717, 1.165) is 11.3 Å². The van der Waals surface area contributed by atoms with Gasteiger partial charge in [0.05, 0.1) is 12.5 Å². The van der Waals surface area contributed by atoms with Gasteiger partial charge in [0.25, 0.3) is 0 Å². The molecule has 0 radical (unpaired) electrons. The third-order valence-corrected chi connectivity index (χ3v) is 5.89. The van der Waals surface area contributed by atoms with E-state index in [2.05, 4.69) is 20.8 Å². The molecule has 2 aliphatic rings. The van der Waals surface area contributed by atoms with Gasteiger partial charge in [0.1, 0.15) is 30.9 Å². The molecule has 138 valence electrons. The van der Waals surface area contributed by atoms with Crippen molar-refractivity contribution in [3.63, 3.8) is 0 Å². The van der Waals surface area contributed by atoms with Crippen molar-refractivity contribution in [3.8, 4) is 0 Å². The van der Waals surface area contributed by atoms with Crippen LogP contribution in [0.25, 0.3) is 0 Å². The zero-order chi connectivity index (χ0) is 18.4. The van der Waals surface area contributed by atoms with Crippen LogP contribution < -0.4 is 4.90 Å². The molecule has 0 saturated carbocycles. The number of aliphatic hydroxyl groups is 3. The molecule has 6 atom stereocenters. The topological polar surface area (TPSA) is 82.2 Å². The molecule has 0 spiro atoms. The smallest absolute Gasteiger partial charge is 0.168 e. The summed E-state index contributed by atoms with van der Waals surface area (Å²) in [5.41, 5.74) is 1.96. The average Bonchev–Trinajstić information content (AvgIpc) is 2.86. The molecule has 0 amide bonds. The van der Waals surface area contributed by atoms with Gasteiger partial charge in [-0.05, 0) is 17.4 Å². The highest BCUT2D eigenvalue weighted by Gasteiger charge is 2.53. The Morgan fingerprint density at radius 2 is 1.72 bits per heavy atom. The molecule has 3 rings (SSSR count). The van der Waals surface area contributed by atoms with E-state index < -0.39 is 18.3 Å². The first-order valence-corrected chi connectivity index (χ1v) is 9.22. The predicted octanol–water partition coefficient (Wildman–Crippen LogP) is 0.0691. The van der Waals surface area contributed by atoms with Crippen molar-refractivity contribution in [2.45, 2.75) is 75.8 Å². The van der Waals surface area contributed by atoms with Gasteiger partial charge in [0.2, 0.25) is 0 Å². The quantitative estimate of drug-likeness (QED) is 0.583. The van der Waals surface area contributed by atoms with Crippen LogP contribution in [0.5, 0.6) is 0 Å². The summed E-state index contributed by atoms with van der Waals surface area (Å²) in [7, 11) is 0. The second kappa shape index (κ2) is 6.80. The number of fused-ring (bicyclic) bond motifs is 1. The lowest BCUT2D eigenvalue weighted by Gasteiger charge is -2.37. The van der Waals surface area contributed by atoms with Crippen LogP contribution in [-0.2, 0) is 5.41 Å². The molecule has 1 aromatic carbocycles. The molecule has 2 aliphatic heterocycles. The fourth-order valence-corrected chi connectivity index (χ4v) is 4.34. The number of carbonyl (C=O) groups excluding carboxylic acids is 1. The molecule has 0 aromatic heterocycles. The third kappa shape index (κ3) is 3.65. The van der Waals surface area contributed by atoms with Crippen LogP contribution in [0, 0.1) is 0 Å². The number of hydrogen-bond donors (Lipinski definition) is 4. The summed E-state index contributed by atoms with van der Waals surface area (Å²) in [6, 6.07) is 7.45. The van der Waals surface area contributed by atoms with Crippen molar-refractivity contribution in [1.29, 1.82) is 0 Å². The highest BCUT2D eigenvalue weighted by atomic mass is 16.3. The van der Waals surface area contributed by atoms with Crippen LogP contribution >= 0.6 is 0 Å². The fourth-order valence-electron chi connectivity index (χ4n) is 4.34. The van der Waals surface area contributed by atoms with Gasteiger partial charge in [-0.3, -0.25) is 4.79 Å². The monoisotopic (exact) mass is 348 g/mol. The zero-order valence-corrected chi connectivity index (χ0v) is 15.3. The molecule has 1 aromatic rings. The standard InChI is InChI=1S/C20H29NO4/c1-20(2,3)13-6-4-12(5-7-13)16(23)10-14-8-9-15(22)18-19(25)17(24)11-21(14)18/h4-7,14-15,17-19,22,24-25H,8-11H2,1-3H3/p+1/t14-,15-,17-,18-,19-/m1/s1. The SMILES string of the molecule is CC(C)(C)c1ccc(C(=O)C[C@H]2CC[C@@H](O)[C@@H]3[C@H](O)[C@H](O)C[NH+]23)cc1. The lowest BCUT2D eigenvalue weighted by Crippen LogP contribution is -3.20. The Morgan fingerprint density at radius 1 is 1.08 bits per heavy atom. The molecule has 1 unspecified atom stereocenters. The van der Waals surface area contributed by atoms with Crippen LogP contribution in [0.1, 0.15) is 56.0 Å². The highest BCUT2D eigenvalue weighted by Crippen LogP contribution is 2.24. The number of quaternary nitrogens is 1. The van der Waals surface area contributed by atoms with Crippen molar-refractivity contribution in [2.24, 2.45) is 0 Å². The van der Waals surface area contributed by atoms with Gasteiger partial charge in [-0.25, -0.2) is 0 Å². The summed E-state index contributed by atoms with van der Waals surface area (Å²) < 4.78 is 0. The van der Waals surface area contributed by atoms with Crippen LogP contribution in [0.15, 0.2) is 24.3 Å². The maximum Gasteiger partial charge on any atom is 0.168 e. The predicted molar refractivity (Wildman–Crippen MR) is 94.7 cm³/mol. The van der Waals surface area contributed by atoms with Gasteiger partial charge in [0, 0.05) is 12.0 Å². The Labute approximate surface area is 149 Å². The number of carbonyl (C=O) groups is 1. The number of piperidine rings is 1. The van der Waals surface area contributed by atoms with E-state index in [1.54, 1.807) is 0 Å². The molecule has 0 aliphatic carbocycles. The van der Waals surface area contributed by atoms with Gasteiger partial charge in [-0.15, -0.1) is 0 Å². The van der Waals surface area contributed by atoms with Gasteiger partial charge in [-0.2, -0.15) is 0 Å². The van der Waals surface area contributed by atoms with Crippen LogP contribution in [0.3, 0.4) is 0 Å². The molecule has 5 nitrogen and oxygen atoms in total. The van der Waals surface area contributed by atoms with Crippen molar-refractivity contribution in [1.82, 2.24) is 0 Å². The molecule has 2 fully saturated rings. The number of hydrogen-bond acceptors (Lipinski definition) is 4. The second-order valence-electron chi connectivity index (χ2n) is 8.66. The highest BCUT2D eigenvalue weighted by molar-refractivity contribution is 5.96. The first-order chi connectivity index (χ1) is 11.7. The normalized spacial score (nSPS) is 35.4. The minimum absolute atomic E-state index is 0.0370. The molecule has 4 N–H and O–H groups in total. The van der Waals surface area contributed by atoms with Gasteiger partial charge in [-0.1, -0.05) is 45.0 Å². The van der Waals surface area contributed by atoms with E-state index in [1.807, 2.05) is 24.3 Å². The summed E-state index contributed by atoms with van der Waals surface area (Å²) in [6.07, 6.45) is -0.658. The largest absolute Gasteiger partial charge is 0.387 e. The molecular formula is C20H30NO4+. The first-order valence-electron chi connectivity index (χ1n) is 9.22. The first kappa shape index (κ1) is 18.5. The van der Waals surface area contributed by atoms with Gasteiger partial charge < -0.3 is 20.2 Å². The Bertz CT molecular complexity index is 622. The van der Waals surface area contributed by atoms with Crippen molar-refractivity contribution in [3.05, 3.63) is 35.4 Å². The maximum atomic E-state index is 12.7. The number of rotatable bonds is 3. The van der Waals surface area contributed by atoms with Crippen LogP contribution in [0.4, 0.5) is 0 Å². The van der Waals surface area contributed by atoms with Crippen molar-refractivity contribution >= 4 is 5.78 Å². The molecule has 5 heteroatoms. The number of Topliss-reactive ketones (excluding diaryl/α,β-unsaturated/α-hetero) is 1. The molecule has 0 bridgehead atoms. The molecule has 2 saturated heterocycles. The number of aliphatic hydroxyl groups excluding tert-OH is 3. The van der Waals surface area contributed by atoms with Gasteiger partial charge in [0.15, 0.2) is 5.78 Å². The third-order valence-electron chi connectivity index (χ3n) is 5.89. The van der Waals surface area contributed by atoms with Crippen LogP contribution in [0.2, 0.25) is 0 Å². The van der Waals surface area contributed by atoms with E-state index >= 15 is 0 Å². The number of benzene rings is 1. The van der Waals surface area contributed by atoms with Crippen molar-refractivity contribution in [2.75, 3.05) is 6.54 Å². The van der Waals surface area contributed by atoms with Gasteiger partial charge >= 0.3 is 0 Å². The summed E-state index contributed by atoms with van der Waals surface area (Å²) in [4.78, 5) is 13.7. The zero-order valence-electron chi connectivity index (χ0n) is 15.3. The molecular weight excluding hydrogens is 318 g/mol. The van der Waals surface area contributed by atoms with Crippen LogP contribution in [-0.4, -0.2) is 58.0 Å². The minimum atomic E-state index is -0.908. The number of nitrogens with one attached hydrogen (secondary N) is 1. The average molecular weight is 348 g/mol. The lowest BCUT2D eigenvalue weighted by atomic mass is 9.85. The summed E-state index contributed by atoms with van der Waals surface area (Å²) in [5, 5.41) is 30.2. The Balaban J connectivity index is 1.70. The van der Waals surface area contributed by atoms with E-state index in [1.165, 1.54) is 5.56 Å². The van der Waals surface area contributed by atoms with E-state index in [-0.39, 0.29) is 23.3 Å². The number of ketones is 1. The summed E-state index contributed by atoms with van der Waals surface area (Å²) in [6.45, 7) is 6.82. The Morgan fingerprint density at radius 3 is 2.32 bits per heavy atom. The minimum Gasteiger partial charge on any atom is -0.387 e. The Hall–Kier alpha value is -1.27. The van der Waals surface area contributed by atoms with E-state index in [9.17, 15) is 20.1 Å².